The average Bonchev–Trinajstić information content (AvgIpc) is 2.42. The van der Waals surface area contributed by atoms with Crippen LogP contribution in [0.1, 0.15) is 32.3 Å². The fraction of sp³-hybridized carbons (Fsp3) is 0.647. The average molecular weight is 278 g/mol. The van der Waals surface area contributed by atoms with E-state index in [0.717, 1.165) is 38.2 Å². The third-order valence-corrected chi connectivity index (χ3v) is 4.22. The van der Waals surface area contributed by atoms with Gasteiger partial charge in [0, 0.05) is 19.1 Å². The molecule has 2 nitrogen and oxygen atoms in total. The summed E-state index contributed by atoms with van der Waals surface area (Å²) in [5.74, 6) is 0.552. The molecule has 1 aliphatic rings. The summed E-state index contributed by atoms with van der Waals surface area (Å²) >= 11 is 0. The van der Waals surface area contributed by atoms with Gasteiger partial charge in [0.15, 0.2) is 0 Å². The van der Waals surface area contributed by atoms with Gasteiger partial charge < -0.3 is 10.2 Å². The highest BCUT2D eigenvalue weighted by atomic mass is 19.1. The lowest BCUT2D eigenvalue weighted by Gasteiger charge is -2.32. The Morgan fingerprint density at radius 1 is 1.40 bits per heavy atom. The lowest BCUT2D eigenvalue weighted by molar-refractivity contribution is 0.199. The second kappa shape index (κ2) is 7.75. The van der Waals surface area contributed by atoms with Crippen LogP contribution in [0.25, 0.3) is 0 Å². The van der Waals surface area contributed by atoms with Crippen molar-refractivity contribution >= 4 is 0 Å². The topological polar surface area (TPSA) is 15.3 Å². The van der Waals surface area contributed by atoms with E-state index in [1.165, 1.54) is 18.9 Å². The van der Waals surface area contributed by atoms with E-state index in [-0.39, 0.29) is 5.82 Å². The zero-order chi connectivity index (χ0) is 14.4. The Balaban J connectivity index is 1.86. The van der Waals surface area contributed by atoms with Crippen LogP contribution in [0, 0.1) is 11.7 Å². The minimum Gasteiger partial charge on any atom is -0.314 e. The minimum atomic E-state index is -0.126. The molecule has 0 saturated carbocycles. The van der Waals surface area contributed by atoms with E-state index in [9.17, 15) is 4.39 Å². The molecule has 20 heavy (non-hydrogen) atoms. The van der Waals surface area contributed by atoms with Gasteiger partial charge in [-0.3, -0.25) is 0 Å². The van der Waals surface area contributed by atoms with Gasteiger partial charge in [0.2, 0.25) is 0 Å². The molecule has 0 aromatic heterocycles. The second-order valence-corrected chi connectivity index (χ2v) is 6.09. The van der Waals surface area contributed by atoms with Gasteiger partial charge >= 0.3 is 0 Å². The molecule has 1 aromatic carbocycles. The predicted octanol–water partition coefficient (Wildman–Crippen LogP) is 3.08. The Labute approximate surface area is 122 Å². The van der Waals surface area contributed by atoms with Gasteiger partial charge in [-0.1, -0.05) is 26.0 Å². The number of hydrogen-bond donors (Lipinski definition) is 1. The van der Waals surface area contributed by atoms with Crippen molar-refractivity contribution < 1.29 is 4.39 Å². The van der Waals surface area contributed by atoms with Crippen molar-refractivity contribution in [2.75, 3.05) is 26.2 Å². The third-order valence-electron chi connectivity index (χ3n) is 4.22. The normalized spacial score (nSPS) is 25.1. The predicted molar refractivity (Wildman–Crippen MR) is 82.4 cm³/mol. The zero-order valence-corrected chi connectivity index (χ0v) is 12.7. The Hall–Kier alpha value is -0.930. The van der Waals surface area contributed by atoms with Gasteiger partial charge in [-0.15, -0.1) is 0 Å². The Morgan fingerprint density at radius 3 is 3.00 bits per heavy atom. The molecule has 0 spiro atoms. The molecule has 1 saturated heterocycles. The molecule has 0 aliphatic carbocycles. The summed E-state index contributed by atoms with van der Waals surface area (Å²) in [7, 11) is 0. The highest BCUT2D eigenvalue weighted by Gasteiger charge is 2.17. The molecular weight excluding hydrogens is 251 g/mol. The number of rotatable bonds is 4. The molecule has 1 heterocycles. The number of nitrogens with one attached hydrogen (secondary N) is 1. The number of hydrogen-bond acceptors (Lipinski definition) is 2. The van der Waals surface area contributed by atoms with Crippen LogP contribution in [0.4, 0.5) is 4.39 Å². The van der Waals surface area contributed by atoms with Crippen LogP contribution in [0.3, 0.4) is 0 Å². The van der Waals surface area contributed by atoms with Gasteiger partial charge in [0.1, 0.15) is 5.82 Å². The van der Waals surface area contributed by atoms with Crippen molar-refractivity contribution in [2.24, 2.45) is 5.92 Å². The Morgan fingerprint density at radius 2 is 2.25 bits per heavy atom. The molecule has 2 rings (SSSR count). The molecule has 2 unspecified atom stereocenters. The van der Waals surface area contributed by atoms with Gasteiger partial charge in [0.25, 0.3) is 0 Å². The molecule has 2 atom stereocenters. The summed E-state index contributed by atoms with van der Waals surface area (Å²) in [6, 6.07) is 7.64. The SMILES string of the molecule is CCC1CCN(CCc2cccc(F)c2)CC(C)CN1. The highest BCUT2D eigenvalue weighted by Crippen LogP contribution is 2.11. The highest BCUT2D eigenvalue weighted by molar-refractivity contribution is 5.16. The molecule has 1 N–H and O–H groups in total. The fourth-order valence-corrected chi connectivity index (χ4v) is 2.94. The van der Waals surface area contributed by atoms with Crippen LogP contribution in [0.2, 0.25) is 0 Å². The first-order valence-electron chi connectivity index (χ1n) is 7.87. The third kappa shape index (κ3) is 4.88. The molecule has 0 amide bonds. The summed E-state index contributed by atoms with van der Waals surface area (Å²) < 4.78 is 13.2. The van der Waals surface area contributed by atoms with E-state index in [1.807, 2.05) is 6.07 Å². The van der Waals surface area contributed by atoms with Gasteiger partial charge in [-0.2, -0.15) is 0 Å². The minimum absolute atomic E-state index is 0.126. The molecule has 0 radical (unpaired) electrons. The second-order valence-electron chi connectivity index (χ2n) is 6.09. The van der Waals surface area contributed by atoms with Crippen molar-refractivity contribution in [1.29, 1.82) is 0 Å². The first kappa shape index (κ1) is 15.5. The molecule has 1 aliphatic heterocycles. The molecule has 0 bridgehead atoms. The quantitative estimate of drug-likeness (QED) is 0.910. The maximum atomic E-state index is 13.2. The van der Waals surface area contributed by atoms with Crippen LogP contribution in [-0.2, 0) is 6.42 Å². The maximum absolute atomic E-state index is 13.2. The Bertz CT molecular complexity index is 408. The van der Waals surface area contributed by atoms with Crippen LogP contribution >= 0.6 is 0 Å². The van der Waals surface area contributed by atoms with Crippen LogP contribution in [0.5, 0.6) is 0 Å². The standard InChI is InChI=1S/C17H27FN2/c1-3-17-8-10-20(13-14(2)12-19-17)9-7-15-5-4-6-16(18)11-15/h4-6,11,14,17,19H,3,7-10,12-13H2,1-2H3. The summed E-state index contributed by atoms with van der Waals surface area (Å²) in [5.41, 5.74) is 1.10. The van der Waals surface area contributed by atoms with Crippen LogP contribution < -0.4 is 5.32 Å². The summed E-state index contributed by atoms with van der Waals surface area (Å²) in [6.45, 7) is 8.98. The van der Waals surface area contributed by atoms with Gasteiger partial charge in [-0.25, -0.2) is 4.39 Å². The zero-order valence-electron chi connectivity index (χ0n) is 12.7. The monoisotopic (exact) mass is 278 g/mol. The summed E-state index contributed by atoms with van der Waals surface area (Å²) in [5, 5.41) is 3.65. The van der Waals surface area contributed by atoms with Crippen LogP contribution in [0.15, 0.2) is 24.3 Å². The number of halogens is 1. The van der Waals surface area contributed by atoms with E-state index in [2.05, 4.69) is 24.1 Å². The largest absolute Gasteiger partial charge is 0.314 e. The van der Waals surface area contributed by atoms with Gasteiger partial charge in [0.05, 0.1) is 0 Å². The molecule has 3 heteroatoms. The maximum Gasteiger partial charge on any atom is 0.123 e. The lowest BCUT2D eigenvalue weighted by Crippen LogP contribution is -2.43. The van der Waals surface area contributed by atoms with E-state index in [1.54, 1.807) is 12.1 Å². The van der Waals surface area contributed by atoms with Crippen molar-refractivity contribution in [3.8, 4) is 0 Å². The fourth-order valence-electron chi connectivity index (χ4n) is 2.94. The van der Waals surface area contributed by atoms with E-state index in [4.69, 9.17) is 0 Å². The smallest absolute Gasteiger partial charge is 0.123 e. The van der Waals surface area contributed by atoms with E-state index < -0.39 is 0 Å². The van der Waals surface area contributed by atoms with Crippen molar-refractivity contribution in [1.82, 2.24) is 10.2 Å². The van der Waals surface area contributed by atoms with Crippen molar-refractivity contribution in [2.45, 2.75) is 39.2 Å². The molecular formula is C17H27FN2. The van der Waals surface area contributed by atoms with Gasteiger partial charge in [-0.05, 0) is 56.0 Å². The first-order valence-corrected chi connectivity index (χ1v) is 7.87. The number of benzene rings is 1. The first-order chi connectivity index (χ1) is 9.67. The molecule has 1 fully saturated rings. The lowest BCUT2D eigenvalue weighted by atomic mass is 10.0. The van der Waals surface area contributed by atoms with E-state index >= 15 is 0 Å². The molecule has 112 valence electrons. The van der Waals surface area contributed by atoms with Crippen LogP contribution in [-0.4, -0.2) is 37.1 Å². The molecule has 1 aromatic rings. The number of nitrogens with zero attached hydrogens (tertiary/aromatic N) is 1. The Kier molecular flexibility index (Phi) is 5.99. The van der Waals surface area contributed by atoms with E-state index in [0.29, 0.717) is 12.0 Å². The summed E-state index contributed by atoms with van der Waals surface area (Å²) in [6.07, 6.45) is 3.35. The summed E-state index contributed by atoms with van der Waals surface area (Å²) in [4.78, 5) is 2.54. The van der Waals surface area contributed by atoms with Crippen molar-refractivity contribution in [3.63, 3.8) is 0 Å². The van der Waals surface area contributed by atoms with Crippen molar-refractivity contribution in [3.05, 3.63) is 35.6 Å².